The van der Waals surface area contributed by atoms with Gasteiger partial charge in [0.25, 0.3) is 5.91 Å². The van der Waals surface area contributed by atoms with Crippen LogP contribution >= 0.6 is 0 Å². The fraction of sp³-hybridized carbons (Fsp3) is 0.348. The summed E-state index contributed by atoms with van der Waals surface area (Å²) in [6.45, 7) is 4.25. The van der Waals surface area contributed by atoms with E-state index in [1.807, 2.05) is 18.3 Å². The smallest absolute Gasteiger partial charge is 0.326 e. The molecule has 3 rings (SSSR count). The van der Waals surface area contributed by atoms with Crippen LogP contribution < -0.4 is 16.8 Å². The van der Waals surface area contributed by atoms with Crippen molar-refractivity contribution in [1.29, 1.82) is 0 Å². The number of nitrogens with two attached hydrogens (primary N) is 2. The highest BCUT2D eigenvalue weighted by Crippen LogP contribution is 2.24. The van der Waals surface area contributed by atoms with Crippen molar-refractivity contribution in [2.45, 2.75) is 38.8 Å². The molecule has 0 radical (unpaired) electrons. The van der Waals surface area contributed by atoms with Crippen LogP contribution in [0.4, 0.5) is 11.8 Å². The van der Waals surface area contributed by atoms with Gasteiger partial charge in [-0.2, -0.15) is 9.97 Å². The van der Waals surface area contributed by atoms with Crippen molar-refractivity contribution >= 4 is 40.6 Å². The number of hydrogen-bond donors (Lipinski definition) is 6. The highest BCUT2D eigenvalue weighted by atomic mass is 16.4. The van der Waals surface area contributed by atoms with E-state index in [-0.39, 0.29) is 18.8 Å². The van der Waals surface area contributed by atoms with Gasteiger partial charge in [0.2, 0.25) is 5.95 Å². The number of aromatic amines is 1. The first-order valence-corrected chi connectivity index (χ1v) is 11.1. The van der Waals surface area contributed by atoms with Crippen LogP contribution in [0.25, 0.3) is 11.0 Å². The molecule has 0 bridgehead atoms. The van der Waals surface area contributed by atoms with Crippen LogP contribution in [0.3, 0.4) is 0 Å². The van der Waals surface area contributed by atoms with Gasteiger partial charge >= 0.3 is 11.9 Å². The zero-order valence-electron chi connectivity index (χ0n) is 19.3. The second-order valence-corrected chi connectivity index (χ2v) is 8.12. The van der Waals surface area contributed by atoms with Gasteiger partial charge in [0, 0.05) is 31.3 Å². The molecular weight excluding hydrogens is 454 g/mol. The third-order valence-corrected chi connectivity index (χ3v) is 5.68. The van der Waals surface area contributed by atoms with E-state index < -0.39 is 23.9 Å². The molecule has 0 saturated heterocycles. The number of carboxylic acid groups (broad SMARTS) is 2. The minimum atomic E-state index is -1.28. The Bertz CT molecular complexity index is 1210. The fourth-order valence-electron chi connectivity index (χ4n) is 3.74. The van der Waals surface area contributed by atoms with E-state index in [4.69, 9.17) is 16.6 Å². The Balaban J connectivity index is 1.58. The molecule has 35 heavy (non-hydrogen) atoms. The molecule has 0 aliphatic heterocycles. The summed E-state index contributed by atoms with van der Waals surface area (Å²) < 4.78 is 0. The number of nitrogen functional groups attached to an aromatic ring is 2. The maximum atomic E-state index is 12.4. The molecule has 1 aromatic carbocycles. The second kappa shape index (κ2) is 11.3. The standard InChI is InChI=1S/C23H29N7O5/c1-2-30(12-15-11-26-20-18(15)19(24)28-23(25)29-20)10-9-13-3-5-14(6-4-13)21(33)27-16(22(34)35)7-8-17(31)32/h3-6,11,16H,2,7-10,12H2,1H3,(H,27,33)(H,31,32)(H,34,35)(H5,24,25,26,28,29)/t16-/m0/s1. The highest BCUT2D eigenvalue weighted by Gasteiger charge is 2.21. The molecule has 0 unspecified atom stereocenters. The van der Waals surface area contributed by atoms with Crippen molar-refractivity contribution in [3.63, 3.8) is 0 Å². The maximum Gasteiger partial charge on any atom is 0.326 e. The molecule has 12 nitrogen and oxygen atoms in total. The monoisotopic (exact) mass is 483 g/mol. The summed E-state index contributed by atoms with van der Waals surface area (Å²) in [4.78, 5) is 47.9. The SMILES string of the molecule is CCN(CCc1ccc(C(=O)N[C@@H](CCC(=O)O)C(=O)O)cc1)Cc1c[nH]c2nc(N)nc(N)c12. The first kappa shape index (κ1) is 25.4. The Labute approximate surface area is 201 Å². The van der Waals surface area contributed by atoms with Crippen LogP contribution in [0.2, 0.25) is 0 Å². The summed E-state index contributed by atoms with van der Waals surface area (Å²) >= 11 is 0. The van der Waals surface area contributed by atoms with E-state index in [1.165, 1.54) is 0 Å². The van der Waals surface area contributed by atoms with Gasteiger partial charge in [-0.25, -0.2) is 4.79 Å². The van der Waals surface area contributed by atoms with Crippen molar-refractivity contribution in [2.75, 3.05) is 24.6 Å². The van der Waals surface area contributed by atoms with Gasteiger partial charge in [-0.15, -0.1) is 0 Å². The molecule has 186 valence electrons. The zero-order chi connectivity index (χ0) is 25.5. The number of likely N-dealkylation sites (N-methyl/N-ethyl adjacent to an activating group) is 1. The molecule has 0 aliphatic rings. The third-order valence-electron chi connectivity index (χ3n) is 5.68. The number of carbonyl (C=O) groups is 3. The van der Waals surface area contributed by atoms with Crippen molar-refractivity contribution in [3.05, 3.63) is 47.2 Å². The molecule has 3 aromatic rings. The van der Waals surface area contributed by atoms with Gasteiger partial charge in [0.15, 0.2) is 0 Å². The molecule has 2 aromatic heterocycles. The lowest BCUT2D eigenvalue weighted by Crippen LogP contribution is -2.41. The Morgan fingerprint density at radius 2 is 1.86 bits per heavy atom. The zero-order valence-corrected chi connectivity index (χ0v) is 19.3. The number of aromatic nitrogens is 3. The van der Waals surface area contributed by atoms with Crippen LogP contribution in [0.5, 0.6) is 0 Å². The van der Waals surface area contributed by atoms with E-state index in [1.54, 1.807) is 12.1 Å². The van der Waals surface area contributed by atoms with Gasteiger partial charge in [0.05, 0.1) is 5.39 Å². The van der Waals surface area contributed by atoms with Gasteiger partial charge in [-0.05, 0) is 42.6 Å². The summed E-state index contributed by atoms with van der Waals surface area (Å²) in [6.07, 6.45) is 2.04. The molecule has 8 N–H and O–H groups in total. The van der Waals surface area contributed by atoms with Crippen LogP contribution in [0, 0.1) is 0 Å². The molecule has 1 atom stereocenters. The minimum absolute atomic E-state index is 0.117. The maximum absolute atomic E-state index is 12.4. The van der Waals surface area contributed by atoms with Crippen LogP contribution in [0.15, 0.2) is 30.5 Å². The lowest BCUT2D eigenvalue weighted by molar-refractivity contribution is -0.140. The summed E-state index contributed by atoms with van der Waals surface area (Å²) in [7, 11) is 0. The average Bonchev–Trinajstić information content (AvgIpc) is 3.21. The Morgan fingerprint density at radius 1 is 1.14 bits per heavy atom. The lowest BCUT2D eigenvalue weighted by Gasteiger charge is -2.20. The molecule has 12 heteroatoms. The number of H-pyrrole nitrogens is 1. The Kier molecular flexibility index (Phi) is 8.21. The van der Waals surface area contributed by atoms with Crippen molar-refractivity contribution in [3.8, 4) is 0 Å². The van der Waals surface area contributed by atoms with E-state index in [2.05, 4.69) is 32.1 Å². The topological polar surface area (TPSA) is 201 Å². The van der Waals surface area contributed by atoms with Gasteiger partial charge in [-0.1, -0.05) is 19.1 Å². The largest absolute Gasteiger partial charge is 0.481 e. The summed E-state index contributed by atoms with van der Waals surface area (Å²) in [5.74, 6) is -2.51. The van der Waals surface area contributed by atoms with Crippen molar-refractivity contribution in [1.82, 2.24) is 25.2 Å². The minimum Gasteiger partial charge on any atom is -0.481 e. The number of amides is 1. The summed E-state index contributed by atoms with van der Waals surface area (Å²) in [5.41, 5.74) is 14.6. The predicted octanol–water partition coefficient (Wildman–Crippen LogP) is 1.23. The number of aliphatic carboxylic acids is 2. The lowest BCUT2D eigenvalue weighted by atomic mass is 10.1. The number of fused-ring (bicyclic) bond motifs is 1. The number of nitrogens with one attached hydrogen (secondary N) is 2. The number of benzene rings is 1. The number of hydrogen-bond acceptors (Lipinski definition) is 8. The average molecular weight is 484 g/mol. The van der Waals surface area contributed by atoms with Gasteiger partial charge in [-0.3, -0.25) is 14.5 Å². The Hall–Kier alpha value is -4.19. The number of carboxylic acids is 2. The number of nitrogens with zero attached hydrogens (tertiary/aromatic N) is 3. The molecule has 0 spiro atoms. The number of carbonyl (C=O) groups excluding carboxylic acids is 1. The number of rotatable bonds is 12. The quantitative estimate of drug-likeness (QED) is 0.218. The van der Waals surface area contributed by atoms with Crippen LogP contribution in [-0.2, 0) is 22.6 Å². The molecule has 0 aliphatic carbocycles. The van der Waals surface area contributed by atoms with Crippen LogP contribution in [0.1, 0.15) is 41.3 Å². The van der Waals surface area contributed by atoms with Crippen LogP contribution in [-0.4, -0.2) is 67.0 Å². The van der Waals surface area contributed by atoms with E-state index in [0.29, 0.717) is 23.6 Å². The molecule has 0 saturated carbocycles. The molecule has 2 heterocycles. The number of anilines is 2. The van der Waals surface area contributed by atoms with Crippen molar-refractivity contribution < 1.29 is 24.6 Å². The van der Waals surface area contributed by atoms with Gasteiger partial charge < -0.3 is 32.0 Å². The van der Waals surface area contributed by atoms with E-state index >= 15 is 0 Å². The second-order valence-electron chi connectivity index (χ2n) is 8.12. The van der Waals surface area contributed by atoms with E-state index in [0.717, 1.165) is 36.0 Å². The summed E-state index contributed by atoms with van der Waals surface area (Å²) in [5, 5.41) is 21.1. The fourth-order valence-corrected chi connectivity index (χ4v) is 3.74. The third kappa shape index (κ3) is 6.67. The van der Waals surface area contributed by atoms with Crippen molar-refractivity contribution in [2.24, 2.45) is 0 Å². The van der Waals surface area contributed by atoms with E-state index in [9.17, 15) is 19.5 Å². The first-order chi connectivity index (χ1) is 16.7. The normalized spacial score (nSPS) is 12.1. The molecule has 1 amide bonds. The Morgan fingerprint density at radius 3 is 2.49 bits per heavy atom. The summed E-state index contributed by atoms with van der Waals surface area (Å²) in [6, 6.07) is 5.61. The molecule has 0 fully saturated rings. The highest BCUT2D eigenvalue weighted by molar-refractivity contribution is 5.96. The molecular formula is C23H29N7O5. The predicted molar refractivity (Wildman–Crippen MR) is 130 cm³/mol. The first-order valence-electron chi connectivity index (χ1n) is 11.1. The van der Waals surface area contributed by atoms with Gasteiger partial charge in [0.1, 0.15) is 17.5 Å².